The molecule has 0 bridgehead atoms. The van der Waals surface area contributed by atoms with Gasteiger partial charge in [0.2, 0.25) is 0 Å². The molecule has 1 unspecified atom stereocenters. The smallest absolute Gasteiger partial charge is 0.125 e. The third-order valence-corrected chi connectivity index (χ3v) is 6.13. The highest BCUT2D eigenvalue weighted by atomic mass is 35.5. The molecular formula is C25H25ClO2. The molecule has 1 N–H and O–H groups in total. The predicted molar refractivity (Wildman–Crippen MR) is 116 cm³/mol. The molecule has 0 saturated carbocycles. The average Bonchev–Trinajstić information content (AvgIpc) is 2.83. The fourth-order valence-corrected chi connectivity index (χ4v) is 4.84. The van der Waals surface area contributed by atoms with E-state index >= 15 is 0 Å². The van der Waals surface area contributed by atoms with Gasteiger partial charge in [-0.3, -0.25) is 0 Å². The topological polar surface area (TPSA) is 29.5 Å². The number of hydrogen-bond donors (Lipinski definition) is 1. The predicted octanol–water partition coefficient (Wildman–Crippen LogP) is 6.33. The first-order valence-corrected chi connectivity index (χ1v) is 10.1. The number of ether oxygens (including phenoxy) is 1. The number of halogens is 1. The van der Waals surface area contributed by atoms with Crippen molar-refractivity contribution in [1.29, 1.82) is 0 Å². The maximum absolute atomic E-state index is 9.75. The summed E-state index contributed by atoms with van der Waals surface area (Å²) in [5.74, 6) is 1.35. The largest absolute Gasteiger partial charge is 0.496 e. The van der Waals surface area contributed by atoms with Crippen molar-refractivity contribution in [1.82, 2.24) is 0 Å². The summed E-state index contributed by atoms with van der Waals surface area (Å²) in [5, 5.41) is 10.5. The number of benzene rings is 3. The Morgan fingerprint density at radius 1 is 0.964 bits per heavy atom. The van der Waals surface area contributed by atoms with Gasteiger partial charge in [-0.05, 0) is 65.6 Å². The number of methoxy groups -OCH3 is 1. The van der Waals surface area contributed by atoms with Gasteiger partial charge < -0.3 is 9.84 Å². The second-order valence-electron chi connectivity index (χ2n) is 7.51. The Morgan fingerprint density at radius 3 is 2.50 bits per heavy atom. The van der Waals surface area contributed by atoms with Gasteiger partial charge in [0, 0.05) is 23.1 Å². The molecule has 1 aliphatic carbocycles. The standard InChI is InChI=1S/C25H25ClO2/c1-16-6-5-9-22(25(16)28-2)23-14-17(12-13-27)19-7-3-4-8-20(19)21-11-10-18(26)15-24(21)23/h3-11,15,17,23,27H,12-14H2,1-2H3/t17?,23-/m1/s1. The number of aliphatic hydroxyl groups excluding tert-OH is 1. The van der Waals surface area contributed by atoms with Crippen molar-refractivity contribution in [3.63, 3.8) is 0 Å². The first kappa shape index (κ1) is 19.0. The summed E-state index contributed by atoms with van der Waals surface area (Å²) in [6.07, 6.45) is 1.65. The molecule has 0 amide bonds. The molecule has 2 nitrogen and oxygen atoms in total. The second kappa shape index (κ2) is 7.98. The number of aryl methyl sites for hydroxylation is 1. The van der Waals surface area contributed by atoms with Crippen molar-refractivity contribution < 1.29 is 9.84 Å². The van der Waals surface area contributed by atoms with Crippen molar-refractivity contribution in [2.24, 2.45) is 0 Å². The molecule has 0 spiro atoms. The van der Waals surface area contributed by atoms with Crippen molar-refractivity contribution in [2.45, 2.75) is 31.6 Å². The lowest BCUT2D eigenvalue weighted by molar-refractivity contribution is 0.271. The molecule has 0 fully saturated rings. The van der Waals surface area contributed by atoms with E-state index in [1.54, 1.807) is 7.11 Å². The van der Waals surface area contributed by atoms with Crippen LogP contribution in [0.1, 0.15) is 46.9 Å². The van der Waals surface area contributed by atoms with Crippen LogP contribution in [0.5, 0.6) is 5.75 Å². The summed E-state index contributed by atoms with van der Waals surface area (Å²) in [4.78, 5) is 0. The van der Waals surface area contributed by atoms with E-state index in [1.807, 2.05) is 6.07 Å². The number of para-hydroxylation sites is 1. The highest BCUT2D eigenvalue weighted by Crippen LogP contribution is 2.49. The van der Waals surface area contributed by atoms with E-state index in [9.17, 15) is 5.11 Å². The van der Waals surface area contributed by atoms with Gasteiger partial charge in [-0.15, -0.1) is 0 Å². The van der Waals surface area contributed by atoms with Crippen LogP contribution < -0.4 is 4.74 Å². The summed E-state index contributed by atoms with van der Waals surface area (Å²) in [6, 6.07) is 21.1. The first-order chi connectivity index (χ1) is 13.6. The lowest BCUT2D eigenvalue weighted by atomic mass is 9.81. The van der Waals surface area contributed by atoms with Gasteiger partial charge in [0.25, 0.3) is 0 Å². The molecule has 144 valence electrons. The van der Waals surface area contributed by atoms with Crippen molar-refractivity contribution >= 4 is 11.6 Å². The zero-order valence-electron chi connectivity index (χ0n) is 16.3. The van der Waals surface area contributed by atoms with Gasteiger partial charge in [-0.1, -0.05) is 60.1 Å². The Kier molecular flexibility index (Phi) is 5.43. The Balaban J connectivity index is 1.98. The molecule has 28 heavy (non-hydrogen) atoms. The molecule has 2 atom stereocenters. The quantitative estimate of drug-likeness (QED) is 0.562. The van der Waals surface area contributed by atoms with Crippen molar-refractivity contribution in [3.05, 3.63) is 87.9 Å². The Bertz CT molecular complexity index is 996. The minimum Gasteiger partial charge on any atom is -0.496 e. The molecule has 0 saturated heterocycles. The van der Waals surface area contributed by atoms with Gasteiger partial charge in [-0.2, -0.15) is 0 Å². The number of fused-ring (bicyclic) bond motifs is 3. The minimum atomic E-state index is 0.146. The normalized spacial score (nSPS) is 18.1. The maximum atomic E-state index is 9.75. The van der Waals surface area contributed by atoms with Crippen LogP contribution in [0.25, 0.3) is 11.1 Å². The molecule has 3 heteroatoms. The van der Waals surface area contributed by atoms with Gasteiger partial charge in [0.1, 0.15) is 5.75 Å². The average molecular weight is 393 g/mol. The third-order valence-electron chi connectivity index (χ3n) is 5.90. The summed E-state index contributed by atoms with van der Waals surface area (Å²) in [7, 11) is 1.74. The zero-order valence-corrected chi connectivity index (χ0v) is 17.0. The summed E-state index contributed by atoms with van der Waals surface area (Å²) in [5.41, 5.74) is 7.29. The molecule has 0 heterocycles. The number of aliphatic hydroxyl groups is 1. The third kappa shape index (κ3) is 3.32. The van der Waals surface area contributed by atoms with Crippen LogP contribution in [0.2, 0.25) is 5.02 Å². The highest BCUT2D eigenvalue weighted by molar-refractivity contribution is 6.30. The first-order valence-electron chi connectivity index (χ1n) is 9.77. The van der Waals surface area contributed by atoms with E-state index in [1.165, 1.54) is 27.8 Å². The summed E-state index contributed by atoms with van der Waals surface area (Å²) in [6.45, 7) is 2.26. The molecular weight excluding hydrogens is 368 g/mol. The van der Waals surface area contributed by atoms with Crippen LogP contribution >= 0.6 is 11.6 Å². The van der Waals surface area contributed by atoms with Gasteiger partial charge in [0.05, 0.1) is 7.11 Å². The molecule has 3 aromatic carbocycles. The highest BCUT2D eigenvalue weighted by Gasteiger charge is 2.31. The Hall–Kier alpha value is -2.29. The zero-order chi connectivity index (χ0) is 19.7. The molecule has 4 rings (SSSR count). The van der Waals surface area contributed by atoms with Crippen LogP contribution in [-0.2, 0) is 0 Å². The minimum absolute atomic E-state index is 0.146. The van der Waals surface area contributed by atoms with E-state index < -0.39 is 0 Å². The van der Waals surface area contributed by atoms with Gasteiger partial charge in [-0.25, -0.2) is 0 Å². The maximum Gasteiger partial charge on any atom is 0.125 e. The van der Waals surface area contributed by atoms with Gasteiger partial charge >= 0.3 is 0 Å². The summed E-state index contributed by atoms with van der Waals surface area (Å²) < 4.78 is 5.81. The van der Waals surface area contributed by atoms with Crippen molar-refractivity contribution in [2.75, 3.05) is 13.7 Å². The monoisotopic (exact) mass is 392 g/mol. The second-order valence-corrected chi connectivity index (χ2v) is 7.95. The SMILES string of the molecule is COc1c(C)cccc1[C@H]1CC(CCO)c2ccccc2-c2ccc(Cl)cc21. The van der Waals surface area contributed by atoms with Crippen LogP contribution in [0.4, 0.5) is 0 Å². The van der Waals surface area contributed by atoms with E-state index in [0.717, 1.165) is 29.2 Å². The molecule has 3 aromatic rings. The lowest BCUT2D eigenvalue weighted by Gasteiger charge is -2.25. The van der Waals surface area contributed by atoms with E-state index in [0.29, 0.717) is 0 Å². The Labute approximate surface area is 171 Å². The number of hydrogen-bond acceptors (Lipinski definition) is 2. The Morgan fingerprint density at radius 2 is 1.71 bits per heavy atom. The summed E-state index contributed by atoms with van der Waals surface area (Å²) >= 11 is 6.44. The van der Waals surface area contributed by atoms with E-state index in [-0.39, 0.29) is 18.4 Å². The molecule has 0 radical (unpaired) electrons. The van der Waals surface area contributed by atoms with Crippen LogP contribution in [0.15, 0.2) is 60.7 Å². The fourth-order valence-electron chi connectivity index (χ4n) is 4.66. The van der Waals surface area contributed by atoms with Crippen molar-refractivity contribution in [3.8, 4) is 16.9 Å². The van der Waals surface area contributed by atoms with Crippen LogP contribution in [0, 0.1) is 6.92 Å². The lowest BCUT2D eigenvalue weighted by Crippen LogP contribution is -2.09. The van der Waals surface area contributed by atoms with E-state index in [4.69, 9.17) is 16.3 Å². The fraction of sp³-hybridized carbons (Fsp3) is 0.280. The number of rotatable bonds is 4. The van der Waals surface area contributed by atoms with Crippen LogP contribution in [0.3, 0.4) is 0 Å². The van der Waals surface area contributed by atoms with E-state index in [2.05, 4.69) is 61.5 Å². The molecule has 1 aliphatic rings. The van der Waals surface area contributed by atoms with Crippen LogP contribution in [-0.4, -0.2) is 18.8 Å². The molecule has 0 aliphatic heterocycles. The van der Waals surface area contributed by atoms with Gasteiger partial charge in [0.15, 0.2) is 0 Å². The molecule has 0 aromatic heterocycles.